The molecule has 5 nitrogen and oxygen atoms in total. The highest BCUT2D eigenvalue weighted by Crippen LogP contribution is 2.35. The van der Waals surface area contributed by atoms with E-state index in [-0.39, 0.29) is 18.3 Å². The lowest BCUT2D eigenvalue weighted by atomic mass is 9.99. The monoisotopic (exact) mass is 364 g/mol. The Bertz CT molecular complexity index is 656. The summed E-state index contributed by atoms with van der Waals surface area (Å²) >= 11 is 6.50. The van der Waals surface area contributed by atoms with E-state index in [9.17, 15) is 9.59 Å². The lowest BCUT2D eigenvalue weighted by Gasteiger charge is -2.33. The van der Waals surface area contributed by atoms with E-state index in [0.29, 0.717) is 18.2 Å². The molecule has 0 saturated carbocycles. The van der Waals surface area contributed by atoms with Gasteiger partial charge in [0.2, 0.25) is 5.91 Å². The molecule has 1 amide bonds. The predicted octanol–water partition coefficient (Wildman–Crippen LogP) is 3.49. The van der Waals surface area contributed by atoms with Crippen LogP contribution in [-0.2, 0) is 14.3 Å². The van der Waals surface area contributed by atoms with Gasteiger partial charge in [0.25, 0.3) is 0 Å². The third-order valence-electron chi connectivity index (χ3n) is 5.11. The summed E-state index contributed by atoms with van der Waals surface area (Å²) in [7, 11) is 0. The van der Waals surface area contributed by atoms with Crippen molar-refractivity contribution < 1.29 is 14.3 Å². The molecule has 136 valence electrons. The Balaban J connectivity index is 1.72. The van der Waals surface area contributed by atoms with Crippen molar-refractivity contribution in [1.29, 1.82) is 0 Å². The number of carbonyl (C=O) groups is 2. The number of carbonyl (C=O) groups excluding carboxylic acids is 2. The van der Waals surface area contributed by atoms with Crippen molar-refractivity contribution in [3.05, 3.63) is 23.2 Å². The van der Waals surface area contributed by atoms with Crippen LogP contribution >= 0.6 is 11.6 Å². The Morgan fingerprint density at radius 2 is 2.04 bits per heavy atom. The van der Waals surface area contributed by atoms with Crippen LogP contribution in [0.2, 0.25) is 5.02 Å². The molecule has 0 spiro atoms. The van der Waals surface area contributed by atoms with Crippen molar-refractivity contribution >= 4 is 34.9 Å². The first-order chi connectivity index (χ1) is 12.0. The molecule has 2 heterocycles. The first kappa shape index (κ1) is 18.1. The second-order valence-corrected chi connectivity index (χ2v) is 7.37. The van der Waals surface area contributed by atoms with Crippen LogP contribution in [0.1, 0.15) is 33.1 Å². The molecule has 1 aromatic rings. The molecule has 0 aliphatic carbocycles. The van der Waals surface area contributed by atoms with E-state index < -0.39 is 5.92 Å². The zero-order chi connectivity index (χ0) is 18.0. The van der Waals surface area contributed by atoms with E-state index in [1.165, 1.54) is 12.8 Å². The zero-order valence-electron chi connectivity index (χ0n) is 14.8. The summed E-state index contributed by atoms with van der Waals surface area (Å²) in [5.41, 5.74) is 1.77. The summed E-state index contributed by atoms with van der Waals surface area (Å²) in [6, 6.07) is 5.74. The Kier molecular flexibility index (Phi) is 5.52. The van der Waals surface area contributed by atoms with Gasteiger partial charge in [-0.1, -0.05) is 18.5 Å². The van der Waals surface area contributed by atoms with Gasteiger partial charge in [-0.05, 0) is 43.9 Å². The van der Waals surface area contributed by atoms with E-state index >= 15 is 0 Å². The van der Waals surface area contributed by atoms with Crippen LogP contribution in [0, 0.1) is 11.8 Å². The minimum absolute atomic E-state index is 0.0614. The largest absolute Gasteiger partial charge is 0.466 e. The number of esters is 1. The number of rotatable bonds is 4. The lowest BCUT2D eigenvalue weighted by Crippen LogP contribution is -2.33. The number of anilines is 2. The minimum atomic E-state index is -0.394. The van der Waals surface area contributed by atoms with Crippen molar-refractivity contribution in [2.45, 2.75) is 33.1 Å². The first-order valence-electron chi connectivity index (χ1n) is 9.01. The Morgan fingerprint density at radius 1 is 1.32 bits per heavy atom. The second-order valence-electron chi connectivity index (χ2n) is 6.96. The molecule has 1 atom stereocenters. The third-order valence-corrected chi connectivity index (χ3v) is 5.41. The number of hydrogen-bond acceptors (Lipinski definition) is 4. The highest BCUT2D eigenvalue weighted by atomic mass is 35.5. The van der Waals surface area contributed by atoms with Gasteiger partial charge in [0.1, 0.15) is 0 Å². The average Bonchev–Trinajstić information content (AvgIpc) is 2.98. The predicted molar refractivity (Wildman–Crippen MR) is 99.2 cm³/mol. The normalized spacial score (nSPS) is 21.7. The molecule has 6 heteroatoms. The maximum atomic E-state index is 12.3. The summed E-state index contributed by atoms with van der Waals surface area (Å²) in [6.07, 6.45) is 2.54. The van der Waals surface area contributed by atoms with Crippen LogP contribution in [0.5, 0.6) is 0 Å². The molecular formula is C19H25ClN2O3. The van der Waals surface area contributed by atoms with E-state index in [0.717, 1.165) is 30.4 Å². The highest BCUT2D eigenvalue weighted by molar-refractivity contribution is 6.33. The molecule has 0 bridgehead atoms. The fourth-order valence-electron chi connectivity index (χ4n) is 3.54. The number of amides is 1. The van der Waals surface area contributed by atoms with E-state index in [1.54, 1.807) is 11.8 Å². The molecule has 1 aromatic carbocycles. The number of nitrogens with zero attached hydrogens (tertiary/aromatic N) is 2. The Morgan fingerprint density at radius 3 is 2.68 bits per heavy atom. The van der Waals surface area contributed by atoms with Crippen molar-refractivity contribution in [3.8, 4) is 0 Å². The van der Waals surface area contributed by atoms with Crippen molar-refractivity contribution in [3.63, 3.8) is 0 Å². The van der Waals surface area contributed by atoms with Crippen molar-refractivity contribution in [2.24, 2.45) is 11.8 Å². The number of ether oxygens (including phenoxy) is 1. The number of halogens is 1. The summed E-state index contributed by atoms with van der Waals surface area (Å²) < 4.78 is 5.04. The molecule has 2 aliphatic heterocycles. The summed E-state index contributed by atoms with van der Waals surface area (Å²) in [6.45, 7) is 6.75. The minimum Gasteiger partial charge on any atom is -0.466 e. The van der Waals surface area contributed by atoms with Crippen molar-refractivity contribution in [2.75, 3.05) is 36.0 Å². The molecular weight excluding hydrogens is 340 g/mol. The van der Waals surface area contributed by atoms with Gasteiger partial charge in [0, 0.05) is 31.7 Å². The quantitative estimate of drug-likeness (QED) is 0.767. The molecule has 2 fully saturated rings. The van der Waals surface area contributed by atoms with Crippen LogP contribution in [0.25, 0.3) is 0 Å². The molecule has 0 unspecified atom stereocenters. The number of benzene rings is 1. The fourth-order valence-corrected chi connectivity index (χ4v) is 3.84. The molecule has 25 heavy (non-hydrogen) atoms. The molecule has 2 saturated heterocycles. The van der Waals surface area contributed by atoms with Crippen LogP contribution in [0.3, 0.4) is 0 Å². The van der Waals surface area contributed by atoms with Crippen LogP contribution in [0.15, 0.2) is 18.2 Å². The molecule has 0 aromatic heterocycles. The zero-order valence-corrected chi connectivity index (χ0v) is 15.6. The fraction of sp³-hybridized carbons (Fsp3) is 0.579. The third kappa shape index (κ3) is 3.92. The van der Waals surface area contributed by atoms with Crippen LogP contribution in [-0.4, -0.2) is 38.1 Å². The maximum Gasteiger partial charge on any atom is 0.311 e. The van der Waals surface area contributed by atoms with Crippen LogP contribution in [0.4, 0.5) is 11.4 Å². The van der Waals surface area contributed by atoms with Gasteiger partial charge >= 0.3 is 5.97 Å². The summed E-state index contributed by atoms with van der Waals surface area (Å²) in [5.74, 6) is 0.00276. The van der Waals surface area contributed by atoms with E-state index in [4.69, 9.17) is 16.3 Å². The maximum absolute atomic E-state index is 12.3. The van der Waals surface area contributed by atoms with Gasteiger partial charge in [-0.15, -0.1) is 0 Å². The standard InChI is InChI=1S/C19H25ClN2O3/c1-3-25-19(24)14-10-18(23)22(12-14)15-4-5-17(16(20)11-15)21-8-6-13(2)7-9-21/h4-5,11,13-14H,3,6-10,12H2,1-2H3/t14-/m1/s1. The van der Waals surface area contributed by atoms with Gasteiger partial charge < -0.3 is 14.5 Å². The van der Waals surface area contributed by atoms with Crippen LogP contribution < -0.4 is 9.80 Å². The average molecular weight is 365 g/mol. The van der Waals surface area contributed by atoms with Gasteiger partial charge in [0.15, 0.2) is 0 Å². The molecule has 3 rings (SSSR count). The Hall–Kier alpha value is -1.75. The van der Waals surface area contributed by atoms with Crippen molar-refractivity contribution in [1.82, 2.24) is 0 Å². The number of hydrogen-bond donors (Lipinski definition) is 0. The van der Waals surface area contributed by atoms with E-state index in [1.807, 2.05) is 18.2 Å². The topological polar surface area (TPSA) is 49.9 Å². The highest BCUT2D eigenvalue weighted by Gasteiger charge is 2.36. The first-order valence-corrected chi connectivity index (χ1v) is 9.39. The van der Waals surface area contributed by atoms with Gasteiger partial charge in [0.05, 0.1) is 23.2 Å². The number of piperidine rings is 1. The summed E-state index contributed by atoms with van der Waals surface area (Å²) in [5, 5.41) is 0.652. The van der Waals surface area contributed by atoms with E-state index in [2.05, 4.69) is 11.8 Å². The summed E-state index contributed by atoms with van der Waals surface area (Å²) in [4.78, 5) is 28.1. The SMILES string of the molecule is CCOC(=O)[C@@H]1CC(=O)N(c2ccc(N3CCC(C)CC3)c(Cl)c2)C1. The smallest absolute Gasteiger partial charge is 0.311 e. The molecule has 2 aliphatic rings. The van der Waals surface area contributed by atoms with Gasteiger partial charge in [-0.25, -0.2) is 0 Å². The van der Waals surface area contributed by atoms with Gasteiger partial charge in [-0.3, -0.25) is 9.59 Å². The van der Waals surface area contributed by atoms with Gasteiger partial charge in [-0.2, -0.15) is 0 Å². The lowest BCUT2D eigenvalue weighted by molar-refractivity contribution is -0.147. The molecule has 0 N–H and O–H groups in total. The Labute approximate surface area is 153 Å². The second kappa shape index (κ2) is 7.65. The molecule has 0 radical (unpaired) electrons.